The number of fused-ring (bicyclic) bond motifs is 1. The van der Waals surface area contributed by atoms with Gasteiger partial charge in [-0.3, -0.25) is 19.1 Å². The summed E-state index contributed by atoms with van der Waals surface area (Å²) >= 11 is 0. The molecule has 0 aliphatic carbocycles. The van der Waals surface area contributed by atoms with E-state index in [1.54, 1.807) is 6.92 Å². The van der Waals surface area contributed by atoms with Crippen LogP contribution in [0.3, 0.4) is 0 Å². The van der Waals surface area contributed by atoms with Gasteiger partial charge in [0.1, 0.15) is 12.2 Å². The van der Waals surface area contributed by atoms with E-state index in [1.807, 2.05) is 60.7 Å². The fourth-order valence-electron chi connectivity index (χ4n) is 6.61. The summed E-state index contributed by atoms with van der Waals surface area (Å²) in [6, 6.07) is 20.3. The van der Waals surface area contributed by atoms with Gasteiger partial charge in [-0.1, -0.05) is 60.7 Å². The van der Waals surface area contributed by atoms with E-state index < -0.39 is 36.4 Å². The monoisotopic (exact) mass is 744 g/mol. The highest BCUT2D eigenvalue weighted by atomic mass is 16.6. The molecule has 0 saturated carbocycles. The SMILES string of the molecule is CCNC(=O)C1OC(n2cnc3c(NCC(c4ccccc4)c4ccccc4)nc(C(=O)NCCNC(=O)NCCN(C(C)C)C(C)C)nc32)[C@H](O)[C@@H]1O. The molecule has 2 unspecified atom stereocenters. The number of ether oxygens (including phenoxy) is 1. The lowest BCUT2D eigenvalue weighted by atomic mass is 9.91. The minimum atomic E-state index is -1.52. The van der Waals surface area contributed by atoms with E-state index in [9.17, 15) is 24.6 Å². The topological polar surface area (TPSA) is 208 Å². The summed E-state index contributed by atoms with van der Waals surface area (Å²) in [7, 11) is 0. The maximum atomic E-state index is 13.5. The van der Waals surface area contributed by atoms with Crippen molar-refractivity contribution in [1.82, 2.24) is 45.7 Å². The summed E-state index contributed by atoms with van der Waals surface area (Å²) in [4.78, 5) is 54.4. The molecule has 2 aromatic carbocycles. The molecule has 54 heavy (non-hydrogen) atoms. The Balaban J connectivity index is 1.35. The smallest absolute Gasteiger partial charge is 0.314 e. The second-order valence-electron chi connectivity index (χ2n) is 13.7. The van der Waals surface area contributed by atoms with Gasteiger partial charge in [0.05, 0.1) is 6.33 Å². The highest BCUT2D eigenvalue weighted by Gasteiger charge is 2.47. The van der Waals surface area contributed by atoms with Crippen molar-refractivity contribution in [3.05, 3.63) is 83.9 Å². The molecule has 3 heterocycles. The highest BCUT2D eigenvalue weighted by molar-refractivity contribution is 5.94. The van der Waals surface area contributed by atoms with Crippen LogP contribution in [0.25, 0.3) is 11.2 Å². The second-order valence-corrected chi connectivity index (χ2v) is 13.7. The summed E-state index contributed by atoms with van der Waals surface area (Å²) in [5.74, 6) is -1.24. The van der Waals surface area contributed by atoms with Crippen molar-refractivity contribution in [3.8, 4) is 0 Å². The van der Waals surface area contributed by atoms with E-state index in [0.29, 0.717) is 38.3 Å². The summed E-state index contributed by atoms with van der Waals surface area (Å²) in [5.41, 5.74) is 2.54. The molecule has 0 radical (unpaired) electrons. The molecular weight excluding hydrogens is 692 g/mol. The number of nitrogens with one attached hydrogen (secondary N) is 5. The van der Waals surface area contributed by atoms with Gasteiger partial charge in [0.25, 0.3) is 11.8 Å². The maximum absolute atomic E-state index is 13.5. The molecule has 1 saturated heterocycles. The summed E-state index contributed by atoms with van der Waals surface area (Å²) < 4.78 is 7.23. The minimum Gasteiger partial charge on any atom is -0.387 e. The Kier molecular flexibility index (Phi) is 13.9. The fourth-order valence-corrected chi connectivity index (χ4v) is 6.61. The van der Waals surface area contributed by atoms with Gasteiger partial charge in [0, 0.05) is 57.3 Å². The largest absolute Gasteiger partial charge is 0.387 e. The first-order chi connectivity index (χ1) is 26.0. The number of imidazole rings is 1. The quantitative estimate of drug-likeness (QED) is 0.0778. The number of amides is 4. The van der Waals surface area contributed by atoms with Crippen LogP contribution in [-0.2, 0) is 9.53 Å². The first-order valence-electron chi connectivity index (χ1n) is 18.4. The predicted octanol–water partition coefficient (Wildman–Crippen LogP) is 1.97. The third-order valence-electron chi connectivity index (χ3n) is 9.30. The number of rotatable bonds is 17. The molecule has 16 heteroatoms. The number of benzene rings is 2. The zero-order chi connectivity index (χ0) is 38.8. The van der Waals surface area contributed by atoms with Crippen LogP contribution < -0.4 is 26.6 Å². The average molecular weight is 745 g/mol. The van der Waals surface area contributed by atoms with Gasteiger partial charge in [0.15, 0.2) is 29.3 Å². The number of anilines is 1. The molecule has 4 atom stereocenters. The summed E-state index contributed by atoms with van der Waals surface area (Å²) in [6.45, 7) is 12.3. The lowest BCUT2D eigenvalue weighted by Gasteiger charge is -2.30. The van der Waals surface area contributed by atoms with E-state index in [1.165, 1.54) is 10.9 Å². The van der Waals surface area contributed by atoms with E-state index in [2.05, 4.69) is 74.1 Å². The minimum absolute atomic E-state index is 0.0920. The number of carbonyl (C=O) groups excluding carboxylic acids is 3. The maximum Gasteiger partial charge on any atom is 0.314 e. The molecular formula is C38H52N10O6. The Morgan fingerprint density at radius 2 is 1.44 bits per heavy atom. The summed E-state index contributed by atoms with van der Waals surface area (Å²) in [6.07, 6.45) is -4.24. The number of urea groups is 1. The van der Waals surface area contributed by atoms with Gasteiger partial charge in [0.2, 0.25) is 5.82 Å². The van der Waals surface area contributed by atoms with Crippen LogP contribution in [0.1, 0.15) is 68.5 Å². The zero-order valence-electron chi connectivity index (χ0n) is 31.4. The van der Waals surface area contributed by atoms with Crippen molar-refractivity contribution in [1.29, 1.82) is 0 Å². The van der Waals surface area contributed by atoms with Crippen LogP contribution in [0, 0.1) is 0 Å². The molecule has 0 bridgehead atoms. The number of hydrogen-bond acceptors (Lipinski definition) is 11. The number of nitrogens with zero attached hydrogens (tertiary/aromatic N) is 5. The van der Waals surface area contributed by atoms with Gasteiger partial charge in [-0.15, -0.1) is 0 Å². The third kappa shape index (κ3) is 9.68. The summed E-state index contributed by atoms with van der Waals surface area (Å²) in [5, 5.41) is 36.0. The lowest BCUT2D eigenvalue weighted by molar-refractivity contribution is -0.137. The van der Waals surface area contributed by atoms with E-state index >= 15 is 0 Å². The molecule has 4 amide bonds. The molecule has 5 rings (SSSR count). The van der Waals surface area contributed by atoms with Crippen molar-refractivity contribution >= 4 is 34.8 Å². The van der Waals surface area contributed by atoms with Crippen molar-refractivity contribution in [3.63, 3.8) is 0 Å². The van der Waals surface area contributed by atoms with E-state index in [4.69, 9.17) is 4.74 Å². The van der Waals surface area contributed by atoms with Gasteiger partial charge < -0.3 is 41.5 Å². The normalized spacial score (nSPS) is 18.4. The second kappa shape index (κ2) is 18.7. The van der Waals surface area contributed by atoms with Gasteiger partial charge in [-0.25, -0.2) is 19.7 Å². The van der Waals surface area contributed by atoms with Crippen molar-refractivity contribution < 1.29 is 29.3 Å². The molecule has 7 N–H and O–H groups in total. The highest BCUT2D eigenvalue weighted by Crippen LogP contribution is 2.33. The number of aromatic nitrogens is 4. The Bertz CT molecular complexity index is 1790. The van der Waals surface area contributed by atoms with Crippen LogP contribution in [0.5, 0.6) is 0 Å². The van der Waals surface area contributed by atoms with Gasteiger partial charge in [-0.05, 0) is 45.7 Å². The Hall–Kier alpha value is -5.16. The van der Waals surface area contributed by atoms with Crippen LogP contribution in [0.4, 0.5) is 10.6 Å². The standard InChI is InChI=1S/C38H52N10O6/c1-6-39-35(51)31-29(49)30(50)37(54-31)48-22-44-28-32(43-21-27(25-13-9-7-10-14-25)26-15-11-8-12-16-26)45-33(46-34(28)48)36(52)40-17-18-41-38(53)42-19-20-47(23(2)3)24(4)5/h7-16,22-24,27,29-31,37,49-50H,6,17-21H2,1-5H3,(H,39,51)(H,40,52)(H2,41,42,53)(H,43,45,46)/t29-,30+,31?,37?/m0/s1. The first kappa shape index (κ1) is 40.0. The molecule has 16 nitrogen and oxygen atoms in total. The molecule has 1 aliphatic heterocycles. The molecule has 4 aromatic rings. The van der Waals surface area contributed by atoms with Crippen molar-refractivity contribution in [2.45, 2.75) is 77.2 Å². The Morgan fingerprint density at radius 1 is 0.833 bits per heavy atom. The molecule has 290 valence electrons. The van der Waals surface area contributed by atoms with E-state index in [0.717, 1.165) is 11.1 Å². The first-order valence-corrected chi connectivity index (χ1v) is 18.4. The number of hydrogen-bond donors (Lipinski definition) is 7. The molecule has 2 aromatic heterocycles. The van der Waals surface area contributed by atoms with E-state index in [-0.39, 0.29) is 47.8 Å². The fraction of sp³-hybridized carbons (Fsp3) is 0.474. The van der Waals surface area contributed by atoms with Crippen LogP contribution in [-0.4, -0.2) is 122 Å². The third-order valence-corrected chi connectivity index (χ3v) is 9.30. The molecule has 1 aliphatic rings. The van der Waals surface area contributed by atoms with Crippen LogP contribution >= 0.6 is 0 Å². The predicted molar refractivity (Wildman–Crippen MR) is 204 cm³/mol. The number of aliphatic hydroxyl groups excluding tert-OH is 2. The van der Waals surface area contributed by atoms with Gasteiger partial charge in [-0.2, -0.15) is 0 Å². The number of carbonyl (C=O) groups is 3. The van der Waals surface area contributed by atoms with Crippen molar-refractivity contribution in [2.24, 2.45) is 0 Å². The zero-order valence-corrected chi connectivity index (χ0v) is 31.4. The lowest BCUT2D eigenvalue weighted by Crippen LogP contribution is -2.45. The molecule has 0 spiro atoms. The Labute approximate surface area is 315 Å². The van der Waals surface area contributed by atoms with Crippen LogP contribution in [0.15, 0.2) is 67.0 Å². The average Bonchev–Trinajstić information content (AvgIpc) is 3.72. The van der Waals surface area contributed by atoms with Crippen molar-refractivity contribution in [2.75, 3.05) is 44.6 Å². The van der Waals surface area contributed by atoms with Crippen LogP contribution in [0.2, 0.25) is 0 Å². The number of likely N-dealkylation sites (N-methyl/N-ethyl adjacent to an activating group) is 1. The Morgan fingerprint density at radius 3 is 2.06 bits per heavy atom. The number of aliphatic hydroxyl groups is 2. The van der Waals surface area contributed by atoms with Gasteiger partial charge >= 0.3 is 6.03 Å². The molecule has 1 fully saturated rings.